The molecular weight excluding hydrogens is 299 g/mol. The Balaban J connectivity index is 1.58. The van der Waals surface area contributed by atoms with Crippen LogP contribution in [0.25, 0.3) is 0 Å². The molecule has 0 bridgehead atoms. The van der Waals surface area contributed by atoms with Gasteiger partial charge < -0.3 is 18.9 Å². The van der Waals surface area contributed by atoms with Gasteiger partial charge in [-0.15, -0.1) is 0 Å². The highest BCUT2D eigenvalue weighted by Crippen LogP contribution is 2.21. The van der Waals surface area contributed by atoms with Gasteiger partial charge in [0, 0.05) is 13.2 Å². The first kappa shape index (κ1) is 18.3. The fourth-order valence-corrected chi connectivity index (χ4v) is 3.13. The lowest BCUT2D eigenvalue weighted by Crippen LogP contribution is -2.31. The summed E-state index contributed by atoms with van der Waals surface area (Å²) in [4.78, 5) is 23.4. The smallest absolute Gasteiger partial charge is 0.392 e. The molecule has 0 aromatic carbocycles. The van der Waals surface area contributed by atoms with E-state index in [-0.39, 0.29) is 19.5 Å². The zero-order valence-corrected chi connectivity index (χ0v) is 14.1. The number of hydrogen-bond donors (Lipinski definition) is 0. The largest absolute Gasteiger partial charge is 0.473 e. The first-order valence-electron chi connectivity index (χ1n) is 8.57. The van der Waals surface area contributed by atoms with Crippen LogP contribution in [-0.4, -0.2) is 57.7 Å². The molecule has 0 amide bonds. The van der Waals surface area contributed by atoms with Gasteiger partial charge in [-0.25, -0.2) is 0 Å². The highest BCUT2D eigenvalue weighted by Gasteiger charge is 2.24. The Kier molecular flexibility index (Phi) is 7.37. The van der Waals surface area contributed by atoms with Gasteiger partial charge in [0.2, 0.25) is 0 Å². The second-order valence-electron chi connectivity index (χ2n) is 6.69. The number of carbonyl (C=O) groups excluding carboxylic acids is 2. The molecule has 2 aliphatic heterocycles. The minimum absolute atomic E-state index is 0.208. The van der Waals surface area contributed by atoms with E-state index < -0.39 is 11.7 Å². The van der Waals surface area contributed by atoms with Crippen LogP contribution in [0.15, 0.2) is 0 Å². The molecule has 0 N–H and O–H groups in total. The fraction of sp³-hybridized carbons (Fsp3) is 0.875. The zero-order valence-electron chi connectivity index (χ0n) is 14.1. The Labute approximate surface area is 138 Å². The maximum atomic E-state index is 11.7. The maximum Gasteiger partial charge on any atom is 0.392 e. The molecule has 0 aromatic heterocycles. The molecule has 2 heterocycles. The van der Waals surface area contributed by atoms with E-state index in [0.717, 1.165) is 25.7 Å². The van der Waals surface area contributed by atoms with Crippen molar-refractivity contribution in [2.75, 3.05) is 26.4 Å². The van der Waals surface area contributed by atoms with Crippen molar-refractivity contribution in [2.45, 2.75) is 51.7 Å². The molecule has 0 radical (unpaired) electrons. The molecule has 7 heteroatoms. The molecule has 2 fully saturated rings. The average molecular weight is 326 g/mol. The monoisotopic (exact) mass is 326 g/mol. The number of hydrogen-bond acceptors (Lipinski definition) is 6. The summed E-state index contributed by atoms with van der Waals surface area (Å²) in [6.07, 6.45) is 3.98. The SMILES string of the molecule is CC1CC(COC(=O)BC(=O)OCC2CCOC(C)C2)CCO1. The van der Waals surface area contributed by atoms with Gasteiger partial charge in [-0.2, -0.15) is 0 Å². The fourth-order valence-electron chi connectivity index (χ4n) is 3.13. The highest BCUT2D eigenvalue weighted by molar-refractivity contribution is 6.94. The number of ether oxygens (including phenoxy) is 4. The molecular formula is C16H27BO6. The van der Waals surface area contributed by atoms with Crippen LogP contribution in [0.5, 0.6) is 0 Å². The highest BCUT2D eigenvalue weighted by atomic mass is 16.5. The van der Waals surface area contributed by atoms with E-state index in [9.17, 15) is 9.59 Å². The third-order valence-electron chi connectivity index (χ3n) is 4.44. The first-order valence-corrected chi connectivity index (χ1v) is 8.57. The number of carbonyl (C=O) groups is 2. The summed E-state index contributed by atoms with van der Waals surface area (Å²) < 4.78 is 21.3. The third kappa shape index (κ3) is 6.91. The van der Waals surface area contributed by atoms with Crippen molar-refractivity contribution in [3.8, 4) is 0 Å². The molecule has 2 saturated heterocycles. The zero-order chi connectivity index (χ0) is 16.7. The maximum absolute atomic E-state index is 11.7. The van der Waals surface area contributed by atoms with Gasteiger partial charge in [0.05, 0.1) is 25.4 Å². The van der Waals surface area contributed by atoms with Crippen LogP contribution in [0.3, 0.4) is 0 Å². The summed E-state index contributed by atoms with van der Waals surface area (Å²) in [6.45, 7) is 6.16. The van der Waals surface area contributed by atoms with Crippen molar-refractivity contribution in [1.82, 2.24) is 0 Å². The summed E-state index contributed by atoms with van der Waals surface area (Å²) in [6, 6.07) is 0. The Morgan fingerprint density at radius 2 is 1.35 bits per heavy atom. The van der Waals surface area contributed by atoms with Crippen LogP contribution >= 0.6 is 0 Å². The molecule has 0 aliphatic carbocycles. The summed E-state index contributed by atoms with van der Waals surface area (Å²) >= 11 is 0. The van der Waals surface area contributed by atoms with Crippen LogP contribution < -0.4 is 0 Å². The van der Waals surface area contributed by atoms with Crippen molar-refractivity contribution < 1.29 is 28.5 Å². The molecule has 130 valence electrons. The summed E-state index contributed by atoms with van der Waals surface area (Å²) in [7, 11) is -0.308. The second-order valence-corrected chi connectivity index (χ2v) is 6.69. The standard InChI is InChI=1S/C16H27BO6/c1-11-7-13(3-5-20-11)9-22-15(18)17-16(19)23-10-14-4-6-21-12(2)8-14/h11-14,17H,3-10H2,1-2H3. The average Bonchev–Trinajstić information content (AvgIpc) is 2.51. The molecule has 0 aromatic rings. The lowest BCUT2D eigenvalue weighted by molar-refractivity contribution is -0.0121. The molecule has 23 heavy (non-hydrogen) atoms. The Morgan fingerprint density at radius 1 is 0.913 bits per heavy atom. The minimum atomic E-state index is -0.505. The van der Waals surface area contributed by atoms with Gasteiger partial charge >= 0.3 is 7.28 Å². The Hall–Kier alpha value is -1.08. The van der Waals surface area contributed by atoms with Gasteiger partial charge in [0.15, 0.2) is 0 Å². The molecule has 0 spiro atoms. The van der Waals surface area contributed by atoms with Crippen molar-refractivity contribution >= 4 is 19.0 Å². The normalized spacial score (nSPS) is 31.2. The van der Waals surface area contributed by atoms with Crippen molar-refractivity contribution in [3.63, 3.8) is 0 Å². The number of rotatable bonds is 6. The Bertz CT molecular complexity index is 366. The van der Waals surface area contributed by atoms with E-state index in [1.807, 2.05) is 13.8 Å². The van der Waals surface area contributed by atoms with Crippen LogP contribution in [0.4, 0.5) is 9.59 Å². The molecule has 0 saturated carbocycles. The van der Waals surface area contributed by atoms with Gasteiger partial charge in [-0.05, 0) is 51.4 Å². The van der Waals surface area contributed by atoms with E-state index in [1.54, 1.807) is 0 Å². The minimum Gasteiger partial charge on any atom is -0.473 e. The van der Waals surface area contributed by atoms with E-state index >= 15 is 0 Å². The van der Waals surface area contributed by atoms with Crippen molar-refractivity contribution in [2.24, 2.45) is 11.8 Å². The van der Waals surface area contributed by atoms with E-state index in [0.29, 0.717) is 38.3 Å². The topological polar surface area (TPSA) is 71.1 Å². The second kappa shape index (κ2) is 9.28. The third-order valence-corrected chi connectivity index (χ3v) is 4.44. The van der Waals surface area contributed by atoms with Gasteiger partial charge in [-0.1, -0.05) is 0 Å². The Morgan fingerprint density at radius 3 is 1.74 bits per heavy atom. The van der Waals surface area contributed by atoms with Crippen LogP contribution in [0.2, 0.25) is 0 Å². The predicted molar refractivity (Wildman–Crippen MR) is 86.1 cm³/mol. The van der Waals surface area contributed by atoms with Crippen molar-refractivity contribution in [3.05, 3.63) is 0 Å². The van der Waals surface area contributed by atoms with Gasteiger partial charge in [-0.3, -0.25) is 9.59 Å². The van der Waals surface area contributed by atoms with Gasteiger partial charge in [0.1, 0.15) is 0 Å². The quantitative estimate of drug-likeness (QED) is 0.698. The van der Waals surface area contributed by atoms with Crippen molar-refractivity contribution in [1.29, 1.82) is 0 Å². The van der Waals surface area contributed by atoms with E-state index in [1.165, 1.54) is 0 Å². The first-order chi connectivity index (χ1) is 11.0. The lowest BCUT2D eigenvalue weighted by Gasteiger charge is -2.27. The van der Waals surface area contributed by atoms with Gasteiger partial charge in [0.25, 0.3) is 11.7 Å². The van der Waals surface area contributed by atoms with Crippen LogP contribution in [0, 0.1) is 11.8 Å². The molecule has 6 nitrogen and oxygen atoms in total. The summed E-state index contributed by atoms with van der Waals surface area (Å²) in [5, 5.41) is 0. The molecule has 2 rings (SSSR count). The summed E-state index contributed by atoms with van der Waals surface area (Å²) in [5.41, 5.74) is 0. The van der Waals surface area contributed by atoms with Crippen LogP contribution in [0.1, 0.15) is 39.5 Å². The predicted octanol–water partition coefficient (Wildman–Crippen LogP) is 2.33. The molecule has 2 aliphatic rings. The lowest BCUT2D eigenvalue weighted by atomic mass is 9.79. The summed E-state index contributed by atoms with van der Waals surface area (Å²) in [5.74, 6) is -0.367. The van der Waals surface area contributed by atoms with Crippen LogP contribution in [-0.2, 0) is 18.9 Å². The van der Waals surface area contributed by atoms with E-state index in [4.69, 9.17) is 18.9 Å². The molecule has 4 unspecified atom stereocenters. The molecule has 4 atom stereocenters. The van der Waals surface area contributed by atoms with E-state index in [2.05, 4.69) is 0 Å².